The monoisotopic (exact) mass is 448 g/mol. The minimum absolute atomic E-state index is 0.0521. The highest BCUT2D eigenvalue weighted by molar-refractivity contribution is 5.90. The second-order valence-corrected chi connectivity index (χ2v) is 8.91. The summed E-state index contributed by atoms with van der Waals surface area (Å²) in [6, 6.07) is 7.08. The fraction of sp³-hybridized carbons (Fsp3) is 0.417. The van der Waals surface area contributed by atoms with E-state index < -0.39 is 17.5 Å². The van der Waals surface area contributed by atoms with E-state index in [9.17, 15) is 24.6 Å². The van der Waals surface area contributed by atoms with Crippen molar-refractivity contribution >= 4 is 17.8 Å². The van der Waals surface area contributed by atoms with Gasteiger partial charge in [-0.25, -0.2) is 9.48 Å². The number of benzene rings is 1. The van der Waals surface area contributed by atoms with E-state index in [0.717, 1.165) is 18.5 Å². The highest BCUT2D eigenvalue weighted by Gasteiger charge is 2.42. The van der Waals surface area contributed by atoms with Gasteiger partial charge in [-0.05, 0) is 31.0 Å². The van der Waals surface area contributed by atoms with Crippen molar-refractivity contribution in [3.63, 3.8) is 0 Å². The van der Waals surface area contributed by atoms with Crippen LogP contribution in [0.2, 0.25) is 0 Å². The first-order valence-electron chi connectivity index (χ1n) is 11.0. The Kier molecular flexibility index (Phi) is 4.98. The maximum absolute atomic E-state index is 12.5. The van der Waals surface area contributed by atoms with Crippen molar-refractivity contribution in [1.82, 2.24) is 19.6 Å². The first-order valence-corrected chi connectivity index (χ1v) is 11.0. The minimum Gasteiger partial charge on any atom is -0.476 e. The van der Waals surface area contributed by atoms with Crippen LogP contribution >= 0.6 is 0 Å². The van der Waals surface area contributed by atoms with Crippen LogP contribution in [0.4, 0.5) is 0 Å². The van der Waals surface area contributed by atoms with Crippen LogP contribution in [0.25, 0.3) is 5.69 Å². The molecule has 9 nitrogen and oxygen atoms in total. The van der Waals surface area contributed by atoms with Gasteiger partial charge >= 0.3 is 5.97 Å². The number of hydrogen-bond donors (Lipinski definition) is 2. The smallest absolute Gasteiger partial charge is 0.356 e. The highest BCUT2D eigenvalue weighted by Crippen LogP contribution is 2.34. The van der Waals surface area contributed by atoms with Crippen LogP contribution < -0.4 is 0 Å². The van der Waals surface area contributed by atoms with Gasteiger partial charge in [0.15, 0.2) is 5.69 Å². The summed E-state index contributed by atoms with van der Waals surface area (Å²) < 4.78 is 1.60. The van der Waals surface area contributed by atoms with Crippen LogP contribution in [0.1, 0.15) is 46.6 Å². The number of carbonyl (C=O) groups excluding carboxylic acids is 2. The molecule has 1 unspecified atom stereocenters. The lowest BCUT2D eigenvalue weighted by Gasteiger charge is -2.27. The second kappa shape index (κ2) is 7.74. The average molecular weight is 448 g/mol. The molecule has 33 heavy (non-hydrogen) atoms. The van der Waals surface area contributed by atoms with Crippen molar-refractivity contribution in [2.45, 2.75) is 37.8 Å². The zero-order valence-electron chi connectivity index (χ0n) is 18.2. The number of fused-ring (bicyclic) bond motifs is 1. The van der Waals surface area contributed by atoms with E-state index in [1.165, 1.54) is 4.90 Å². The number of carboxylic acids is 1. The molecule has 2 aliphatic heterocycles. The lowest BCUT2D eigenvalue weighted by atomic mass is 10.0. The number of aromatic carboxylic acids is 1. The number of likely N-dealkylation sites (tertiary alicyclic amines) is 1. The first kappa shape index (κ1) is 21.2. The number of amides is 2. The van der Waals surface area contributed by atoms with Crippen molar-refractivity contribution < 1.29 is 24.6 Å². The topological polar surface area (TPSA) is 116 Å². The average Bonchev–Trinajstić information content (AvgIpc) is 3.54. The third-order valence-electron chi connectivity index (χ3n) is 6.51. The van der Waals surface area contributed by atoms with Gasteiger partial charge in [0.25, 0.3) is 5.91 Å². The third kappa shape index (κ3) is 3.76. The molecule has 3 aliphatic rings. The van der Waals surface area contributed by atoms with Crippen LogP contribution in [0.3, 0.4) is 0 Å². The van der Waals surface area contributed by atoms with Crippen LogP contribution in [-0.4, -0.2) is 73.3 Å². The largest absolute Gasteiger partial charge is 0.476 e. The molecule has 0 spiro atoms. The summed E-state index contributed by atoms with van der Waals surface area (Å²) in [6.45, 7) is 1.21. The Bertz CT molecular complexity index is 1240. The van der Waals surface area contributed by atoms with Gasteiger partial charge in [-0.3, -0.25) is 9.59 Å². The Morgan fingerprint density at radius 2 is 2.03 bits per heavy atom. The van der Waals surface area contributed by atoms with Crippen molar-refractivity contribution in [1.29, 1.82) is 0 Å². The molecule has 1 saturated heterocycles. The highest BCUT2D eigenvalue weighted by atomic mass is 16.4. The summed E-state index contributed by atoms with van der Waals surface area (Å²) in [5, 5.41) is 24.6. The van der Waals surface area contributed by atoms with E-state index in [4.69, 9.17) is 0 Å². The van der Waals surface area contributed by atoms with Gasteiger partial charge in [-0.1, -0.05) is 17.9 Å². The lowest BCUT2D eigenvalue weighted by molar-refractivity contribution is -0.137. The van der Waals surface area contributed by atoms with Gasteiger partial charge in [0.2, 0.25) is 11.5 Å². The Hall–Kier alpha value is -3.64. The summed E-state index contributed by atoms with van der Waals surface area (Å²) >= 11 is 0. The number of carbonyl (C=O) groups is 3. The van der Waals surface area contributed by atoms with Crippen molar-refractivity contribution in [3.8, 4) is 17.5 Å². The number of nitrogens with zero attached hydrogens (tertiary/aromatic N) is 4. The van der Waals surface area contributed by atoms with Crippen molar-refractivity contribution in [2.75, 3.05) is 20.1 Å². The summed E-state index contributed by atoms with van der Waals surface area (Å²) in [6.07, 6.45) is 2.56. The molecule has 2 N–H and O–H groups in total. The number of aliphatic hydroxyl groups is 1. The number of hydrogen-bond acceptors (Lipinski definition) is 5. The van der Waals surface area contributed by atoms with E-state index >= 15 is 0 Å². The van der Waals surface area contributed by atoms with Gasteiger partial charge in [-0.2, -0.15) is 5.10 Å². The van der Waals surface area contributed by atoms with Gasteiger partial charge in [0.05, 0.1) is 11.4 Å². The minimum atomic E-state index is -1.69. The zero-order chi connectivity index (χ0) is 23.3. The normalized spacial score (nSPS) is 22.1. The van der Waals surface area contributed by atoms with E-state index in [2.05, 4.69) is 16.9 Å². The Labute approximate surface area is 190 Å². The predicted molar refractivity (Wildman–Crippen MR) is 116 cm³/mol. The van der Waals surface area contributed by atoms with Crippen molar-refractivity contribution in [3.05, 3.63) is 46.8 Å². The summed E-state index contributed by atoms with van der Waals surface area (Å²) in [4.78, 5) is 39.7. The van der Waals surface area contributed by atoms with Gasteiger partial charge in [-0.15, -0.1) is 0 Å². The SMILES string of the molecule is CN1CCC(O)(C#Cc2cccc(-n3nc(C(=O)O)c4c3CCN(C(=O)C3CC3)C4)c2)C1=O. The standard InChI is InChI=1S/C24H24N4O5/c1-26-12-10-24(33,23(26)32)9-7-15-3-2-4-17(13-15)28-19-8-11-27(21(29)16-5-6-16)14-18(19)20(25-28)22(30)31/h2-4,13,16,33H,5-6,8,10-12,14H2,1H3,(H,30,31). The molecule has 1 aromatic heterocycles. The maximum atomic E-state index is 12.5. The molecular weight excluding hydrogens is 424 g/mol. The molecule has 9 heteroatoms. The van der Waals surface area contributed by atoms with Crippen LogP contribution in [0.5, 0.6) is 0 Å². The number of carboxylic acid groups (broad SMARTS) is 1. The number of aromatic nitrogens is 2. The molecule has 170 valence electrons. The number of likely N-dealkylation sites (N-methyl/N-ethyl adjacent to an activating group) is 1. The molecule has 2 fully saturated rings. The molecule has 0 bridgehead atoms. The zero-order valence-corrected chi connectivity index (χ0v) is 18.2. The molecule has 1 saturated carbocycles. The molecule has 3 heterocycles. The molecular formula is C24H24N4O5. The first-order chi connectivity index (χ1) is 15.8. The summed E-state index contributed by atoms with van der Waals surface area (Å²) in [5.41, 5.74) is 0.796. The fourth-order valence-corrected chi connectivity index (χ4v) is 4.44. The molecule has 1 aromatic carbocycles. The Balaban J connectivity index is 1.47. The lowest BCUT2D eigenvalue weighted by Crippen LogP contribution is -2.37. The predicted octanol–water partition coefficient (Wildman–Crippen LogP) is 0.810. The molecule has 1 aliphatic carbocycles. The van der Waals surface area contributed by atoms with Crippen molar-refractivity contribution in [2.24, 2.45) is 5.92 Å². The second-order valence-electron chi connectivity index (χ2n) is 8.91. The molecule has 1 atom stereocenters. The van der Waals surface area contributed by atoms with Gasteiger partial charge < -0.3 is 20.0 Å². The molecule has 5 rings (SSSR count). The fourth-order valence-electron chi connectivity index (χ4n) is 4.44. The molecule has 0 radical (unpaired) electrons. The van der Waals surface area contributed by atoms with Crippen LogP contribution in [0, 0.1) is 17.8 Å². The Morgan fingerprint density at radius 3 is 2.70 bits per heavy atom. The van der Waals surface area contributed by atoms with Gasteiger partial charge in [0.1, 0.15) is 0 Å². The van der Waals surface area contributed by atoms with E-state index in [1.54, 1.807) is 40.9 Å². The molecule has 2 aromatic rings. The number of rotatable bonds is 3. The summed E-state index contributed by atoms with van der Waals surface area (Å²) in [7, 11) is 1.63. The van der Waals surface area contributed by atoms with E-state index in [0.29, 0.717) is 36.3 Å². The summed E-state index contributed by atoms with van der Waals surface area (Å²) in [5.74, 6) is 4.20. The quantitative estimate of drug-likeness (QED) is 0.672. The van der Waals surface area contributed by atoms with E-state index in [1.807, 2.05) is 0 Å². The van der Waals surface area contributed by atoms with Crippen LogP contribution in [0.15, 0.2) is 24.3 Å². The van der Waals surface area contributed by atoms with E-state index in [-0.39, 0.29) is 30.5 Å². The van der Waals surface area contributed by atoms with Gasteiger partial charge in [0, 0.05) is 56.6 Å². The third-order valence-corrected chi connectivity index (χ3v) is 6.51. The maximum Gasteiger partial charge on any atom is 0.356 e. The van der Waals surface area contributed by atoms with Crippen LogP contribution in [-0.2, 0) is 22.6 Å². The Morgan fingerprint density at radius 1 is 1.24 bits per heavy atom. The molecule has 2 amide bonds.